The molecule has 1 aliphatic heterocycles. The average Bonchev–Trinajstić information content (AvgIpc) is 2.64. The predicted octanol–water partition coefficient (Wildman–Crippen LogP) is 3.06. The van der Waals surface area contributed by atoms with E-state index in [-0.39, 0.29) is 0 Å². The summed E-state index contributed by atoms with van der Waals surface area (Å²) >= 11 is 0. The van der Waals surface area contributed by atoms with Crippen LogP contribution in [0, 0.1) is 0 Å². The lowest BCUT2D eigenvalue weighted by Crippen LogP contribution is -2.31. The number of hydrogen-bond donors (Lipinski definition) is 1. The largest absolute Gasteiger partial charge is 0.416 e. The molecule has 1 aromatic carbocycles. The van der Waals surface area contributed by atoms with Gasteiger partial charge in [0.2, 0.25) is 0 Å². The van der Waals surface area contributed by atoms with Crippen LogP contribution in [0.25, 0.3) is 0 Å². The van der Waals surface area contributed by atoms with Gasteiger partial charge >= 0.3 is 6.18 Å². The Bertz CT molecular complexity index is 535. The number of carbonyl (C=O) groups is 1. The Kier molecular flexibility index (Phi) is 4.55. The first-order valence-corrected chi connectivity index (χ1v) is 6.79. The highest BCUT2D eigenvalue weighted by Crippen LogP contribution is 2.29. The maximum atomic E-state index is 12.5. The summed E-state index contributed by atoms with van der Waals surface area (Å²) < 4.78 is 37.6. The topological polar surface area (TPSA) is 46.3 Å². The van der Waals surface area contributed by atoms with E-state index in [2.05, 4.69) is 0 Å². The van der Waals surface area contributed by atoms with Crippen LogP contribution in [0.3, 0.4) is 0 Å². The molecule has 1 amide bonds. The van der Waals surface area contributed by atoms with Crippen molar-refractivity contribution in [3.8, 4) is 0 Å². The lowest BCUT2D eigenvalue weighted by atomic mass is 10.1. The normalized spacial score (nSPS) is 16.3. The van der Waals surface area contributed by atoms with Crippen LogP contribution < -0.4 is 5.73 Å². The zero-order valence-corrected chi connectivity index (χ0v) is 11.5. The molecule has 0 unspecified atom stereocenters. The number of nitrogens with zero attached hydrogens (tertiary/aromatic N) is 1. The number of alkyl halides is 3. The van der Waals surface area contributed by atoms with Crippen molar-refractivity contribution in [3.63, 3.8) is 0 Å². The fourth-order valence-electron chi connectivity index (χ4n) is 2.38. The number of allylic oxidation sites excluding steroid dienone is 1. The summed E-state index contributed by atoms with van der Waals surface area (Å²) in [7, 11) is 0. The molecule has 21 heavy (non-hydrogen) atoms. The number of benzene rings is 1. The third-order valence-electron chi connectivity index (χ3n) is 3.47. The maximum Gasteiger partial charge on any atom is 0.416 e. The van der Waals surface area contributed by atoms with E-state index < -0.39 is 17.6 Å². The highest BCUT2D eigenvalue weighted by atomic mass is 19.4. The van der Waals surface area contributed by atoms with Gasteiger partial charge in [-0.05, 0) is 37.0 Å². The van der Waals surface area contributed by atoms with E-state index in [1.807, 2.05) is 4.90 Å². The van der Waals surface area contributed by atoms with Crippen LogP contribution >= 0.6 is 0 Å². The fraction of sp³-hybridized carbons (Fsp3) is 0.400. The van der Waals surface area contributed by atoms with E-state index in [0.717, 1.165) is 37.0 Å². The summed E-state index contributed by atoms with van der Waals surface area (Å²) in [6.45, 7) is 1.06. The summed E-state index contributed by atoms with van der Waals surface area (Å²) in [5, 5.41) is 0. The molecule has 0 saturated heterocycles. The first-order valence-electron chi connectivity index (χ1n) is 6.79. The number of amides is 1. The summed E-state index contributed by atoms with van der Waals surface area (Å²) in [4.78, 5) is 13.3. The first-order chi connectivity index (χ1) is 9.88. The molecule has 0 bridgehead atoms. The second kappa shape index (κ2) is 6.20. The minimum Gasteiger partial charge on any atom is -0.364 e. The number of carbonyl (C=O) groups excluding carboxylic acids is 1. The van der Waals surface area contributed by atoms with E-state index in [4.69, 9.17) is 5.73 Å². The molecule has 0 aromatic heterocycles. The second-order valence-electron chi connectivity index (χ2n) is 5.07. The van der Waals surface area contributed by atoms with Crippen molar-refractivity contribution in [1.82, 2.24) is 4.90 Å². The average molecular weight is 298 g/mol. The Labute approximate surface area is 121 Å². The van der Waals surface area contributed by atoms with Gasteiger partial charge in [0, 0.05) is 13.1 Å². The molecular formula is C15H17F3N2O. The van der Waals surface area contributed by atoms with Crippen LogP contribution in [0.15, 0.2) is 36.0 Å². The molecule has 0 spiro atoms. The van der Waals surface area contributed by atoms with Gasteiger partial charge in [-0.3, -0.25) is 4.79 Å². The zero-order valence-electron chi connectivity index (χ0n) is 11.5. The molecule has 0 aliphatic carbocycles. The summed E-state index contributed by atoms with van der Waals surface area (Å²) in [5.41, 5.74) is 5.86. The summed E-state index contributed by atoms with van der Waals surface area (Å²) in [5.74, 6) is -0.496. The van der Waals surface area contributed by atoms with Crippen LogP contribution in [-0.4, -0.2) is 17.4 Å². The van der Waals surface area contributed by atoms with Crippen molar-refractivity contribution in [3.05, 3.63) is 47.2 Å². The van der Waals surface area contributed by atoms with Crippen LogP contribution in [0.2, 0.25) is 0 Å². The Hall–Kier alpha value is -1.98. The van der Waals surface area contributed by atoms with Gasteiger partial charge < -0.3 is 10.6 Å². The zero-order chi connectivity index (χ0) is 15.5. The van der Waals surface area contributed by atoms with Crippen LogP contribution in [0.4, 0.5) is 13.2 Å². The molecular weight excluding hydrogens is 281 g/mol. The van der Waals surface area contributed by atoms with Gasteiger partial charge in [-0.25, -0.2) is 0 Å². The Morgan fingerprint density at radius 1 is 1.19 bits per heavy atom. The summed E-state index contributed by atoms with van der Waals surface area (Å²) in [6, 6.07) is 4.99. The maximum absolute atomic E-state index is 12.5. The van der Waals surface area contributed by atoms with Crippen molar-refractivity contribution in [2.45, 2.75) is 32.0 Å². The van der Waals surface area contributed by atoms with Gasteiger partial charge in [-0.2, -0.15) is 13.2 Å². The lowest BCUT2D eigenvalue weighted by molar-refractivity contribution is -0.137. The Balaban J connectivity index is 2.14. The Morgan fingerprint density at radius 3 is 2.43 bits per heavy atom. The van der Waals surface area contributed by atoms with E-state index in [1.54, 1.807) is 6.08 Å². The summed E-state index contributed by atoms with van der Waals surface area (Å²) in [6.07, 6.45) is 0.162. The smallest absolute Gasteiger partial charge is 0.364 e. The van der Waals surface area contributed by atoms with E-state index in [9.17, 15) is 18.0 Å². The minimum atomic E-state index is -4.33. The molecule has 0 fully saturated rings. The van der Waals surface area contributed by atoms with Gasteiger partial charge in [-0.1, -0.05) is 18.2 Å². The van der Waals surface area contributed by atoms with Gasteiger partial charge in [0.15, 0.2) is 0 Å². The number of nitrogens with two attached hydrogens (primary N) is 1. The highest BCUT2D eigenvalue weighted by molar-refractivity contribution is 5.91. The molecule has 2 rings (SSSR count). The number of halogens is 3. The van der Waals surface area contributed by atoms with E-state index >= 15 is 0 Å². The first kappa shape index (κ1) is 15.4. The van der Waals surface area contributed by atoms with Crippen molar-refractivity contribution in [1.29, 1.82) is 0 Å². The quantitative estimate of drug-likeness (QED) is 0.932. The van der Waals surface area contributed by atoms with Gasteiger partial charge in [0.25, 0.3) is 5.91 Å². The molecule has 1 aromatic rings. The number of rotatable bonds is 3. The molecule has 1 heterocycles. The Morgan fingerprint density at radius 2 is 1.86 bits per heavy atom. The molecule has 2 N–H and O–H groups in total. The van der Waals surface area contributed by atoms with Crippen LogP contribution in [-0.2, 0) is 17.5 Å². The molecule has 0 saturated carbocycles. The van der Waals surface area contributed by atoms with E-state index in [1.165, 1.54) is 12.1 Å². The second-order valence-corrected chi connectivity index (χ2v) is 5.07. The van der Waals surface area contributed by atoms with Crippen LogP contribution in [0.1, 0.15) is 30.4 Å². The molecule has 6 heteroatoms. The van der Waals surface area contributed by atoms with Gasteiger partial charge in [0.05, 0.1) is 11.3 Å². The molecule has 1 aliphatic rings. The van der Waals surface area contributed by atoms with Gasteiger partial charge in [-0.15, -0.1) is 0 Å². The predicted molar refractivity (Wildman–Crippen MR) is 73.0 cm³/mol. The van der Waals surface area contributed by atoms with Gasteiger partial charge in [0.1, 0.15) is 0 Å². The molecule has 3 nitrogen and oxygen atoms in total. The van der Waals surface area contributed by atoms with Crippen molar-refractivity contribution >= 4 is 5.91 Å². The van der Waals surface area contributed by atoms with Crippen LogP contribution in [0.5, 0.6) is 0 Å². The lowest BCUT2D eigenvalue weighted by Gasteiger charge is -2.24. The van der Waals surface area contributed by atoms with Crippen molar-refractivity contribution in [2.24, 2.45) is 5.73 Å². The monoisotopic (exact) mass is 298 g/mol. The molecule has 0 radical (unpaired) electrons. The number of hydrogen-bond acceptors (Lipinski definition) is 2. The minimum absolute atomic E-state index is 0.382. The SMILES string of the molecule is NC(=O)C1=CCCCCN1Cc1ccc(C(F)(F)F)cc1. The van der Waals surface area contributed by atoms with Crippen molar-refractivity contribution in [2.75, 3.05) is 6.54 Å². The third kappa shape index (κ3) is 4.00. The standard InChI is InChI=1S/C15H17F3N2O/c16-15(17,18)12-7-5-11(6-8-12)10-20-9-3-1-2-4-13(20)14(19)21/h4-8H,1-3,9-10H2,(H2,19,21). The van der Waals surface area contributed by atoms with E-state index in [0.29, 0.717) is 18.8 Å². The molecule has 0 atom stereocenters. The van der Waals surface area contributed by atoms with Crippen molar-refractivity contribution < 1.29 is 18.0 Å². The third-order valence-corrected chi connectivity index (χ3v) is 3.47. The number of primary amides is 1. The molecule has 114 valence electrons. The fourth-order valence-corrected chi connectivity index (χ4v) is 2.38. The highest BCUT2D eigenvalue weighted by Gasteiger charge is 2.30.